The third-order valence-corrected chi connectivity index (χ3v) is 4.55. The smallest absolute Gasteiger partial charge is 0.404 e. The number of aliphatic hydroxyl groups is 1. The number of aliphatic hydroxyl groups excluding tert-OH is 1. The molecule has 0 aliphatic carbocycles. The van der Waals surface area contributed by atoms with Gasteiger partial charge in [-0.15, -0.1) is 0 Å². The molecular weight excluding hydrogens is 346 g/mol. The van der Waals surface area contributed by atoms with E-state index in [4.69, 9.17) is 9.84 Å². The van der Waals surface area contributed by atoms with Gasteiger partial charge in [-0.1, -0.05) is 0 Å². The first-order valence-corrected chi connectivity index (χ1v) is 8.38. The average Bonchev–Trinajstić information content (AvgIpc) is 3.06. The SMILES string of the molecule is CNC(=O)O.COc1ccc2[nH]c3c(C)c4ccnc(CO)c4cc3c2c1. The summed E-state index contributed by atoms with van der Waals surface area (Å²) in [7, 11) is 3.02. The number of amides is 1. The van der Waals surface area contributed by atoms with Gasteiger partial charge in [-0.3, -0.25) is 4.98 Å². The lowest BCUT2D eigenvalue weighted by Crippen LogP contribution is -2.13. The van der Waals surface area contributed by atoms with Crippen molar-refractivity contribution in [2.75, 3.05) is 14.2 Å². The van der Waals surface area contributed by atoms with Gasteiger partial charge in [-0.05, 0) is 48.2 Å². The molecular formula is C20H21N3O4. The molecule has 2 aromatic heterocycles. The van der Waals surface area contributed by atoms with Gasteiger partial charge in [-0.25, -0.2) is 4.79 Å². The Morgan fingerprint density at radius 3 is 2.56 bits per heavy atom. The standard InChI is InChI=1S/C18H16N2O2.C2H5NO2/c1-10-12-5-6-19-17(9-21)14(12)8-15-13-7-11(22-2)3-4-16(13)20-18(10)15;1-3-2(4)5/h3-8,20-21H,9H2,1-2H3;3H,1H3,(H,4,5). The van der Waals surface area contributed by atoms with Crippen LogP contribution in [0.3, 0.4) is 0 Å². The van der Waals surface area contributed by atoms with E-state index in [9.17, 15) is 9.90 Å². The number of hydrogen-bond acceptors (Lipinski definition) is 4. The van der Waals surface area contributed by atoms with Crippen LogP contribution in [0.2, 0.25) is 0 Å². The minimum Gasteiger partial charge on any atom is -0.497 e. The van der Waals surface area contributed by atoms with Crippen LogP contribution >= 0.6 is 0 Å². The lowest BCUT2D eigenvalue weighted by Gasteiger charge is -2.07. The monoisotopic (exact) mass is 367 g/mol. The molecule has 0 unspecified atom stereocenters. The zero-order valence-electron chi connectivity index (χ0n) is 15.3. The topological polar surface area (TPSA) is 107 Å². The molecule has 0 bridgehead atoms. The summed E-state index contributed by atoms with van der Waals surface area (Å²) in [5, 5.41) is 23.5. The third-order valence-electron chi connectivity index (χ3n) is 4.55. The van der Waals surface area contributed by atoms with Crippen LogP contribution in [-0.4, -0.2) is 40.4 Å². The van der Waals surface area contributed by atoms with Crippen molar-refractivity contribution in [3.63, 3.8) is 0 Å². The quantitative estimate of drug-likeness (QED) is 0.433. The van der Waals surface area contributed by atoms with Crippen LogP contribution in [0, 0.1) is 6.92 Å². The maximum absolute atomic E-state index is 9.55. The van der Waals surface area contributed by atoms with Gasteiger partial charge in [0.25, 0.3) is 0 Å². The van der Waals surface area contributed by atoms with Crippen molar-refractivity contribution in [3.05, 3.63) is 47.8 Å². The van der Waals surface area contributed by atoms with Gasteiger partial charge >= 0.3 is 6.09 Å². The van der Waals surface area contributed by atoms with E-state index in [2.05, 4.69) is 23.0 Å². The second kappa shape index (κ2) is 7.51. The predicted octanol–water partition coefficient (Wildman–Crippen LogP) is 3.56. The van der Waals surface area contributed by atoms with E-state index in [0.29, 0.717) is 5.69 Å². The number of aromatic nitrogens is 2. The largest absolute Gasteiger partial charge is 0.497 e. The van der Waals surface area contributed by atoms with E-state index in [1.165, 1.54) is 12.6 Å². The van der Waals surface area contributed by atoms with Crippen LogP contribution in [0.4, 0.5) is 4.79 Å². The number of methoxy groups -OCH3 is 1. The number of carboxylic acid groups (broad SMARTS) is 1. The molecule has 0 saturated heterocycles. The number of fused-ring (bicyclic) bond motifs is 4. The number of pyridine rings is 1. The van der Waals surface area contributed by atoms with E-state index >= 15 is 0 Å². The molecule has 140 valence electrons. The van der Waals surface area contributed by atoms with Crippen molar-refractivity contribution in [3.8, 4) is 5.75 Å². The normalized spacial score (nSPS) is 10.7. The summed E-state index contributed by atoms with van der Waals surface area (Å²) in [5.74, 6) is 0.833. The number of ether oxygens (including phenoxy) is 1. The number of aromatic amines is 1. The molecule has 0 aliphatic rings. The summed E-state index contributed by atoms with van der Waals surface area (Å²) in [6.07, 6.45) is 0.753. The number of aryl methyl sites for hydroxylation is 1. The van der Waals surface area contributed by atoms with Gasteiger partial charge in [0.1, 0.15) is 5.75 Å². The first-order chi connectivity index (χ1) is 13.0. The van der Waals surface area contributed by atoms with Crippen LogP contribution in [0.25, 0.3) is 32.6 Å². The summed E-state index contributed by atoms with van der Waals surface area (Å²) < 4.78 is 5.34. The van der Waals surface area contributed by atoms with E-state index in [1.807, 2.05) is 29.6 Å². The molecule has 7 heteroatoms. The van der Waals surface area contributed by atoms with Crippen molar-refractivity contribution in [2.24, 2.45) is 0 Å². The first-order valence-electron chi connectivity index (χ1n) is 8.38. The van der Waals surface area contributed by atoms with E-state index < -0.39 is 6.09 Å². The molecule has 0 radical (unpaired) electrons. The highest BCUT2D eigenvalue weighted by molar-refractivity contribution is 6.14. The molecule has 4 N–H and O–H groups in total. The van der Waals surface area contributed by atoms with Gasteiger partial charge < -0.3 is 25.3 Å². The summed E-state index contributed by atoms with van der Waals surface area (Å²) in [4.78, 5) is 17.0. The van der Waals surface area contributed by atoms with Gasteiger partial charge in [0.2, 0.25) is 0 Å². The number of nitrogens with zero attached hydrogens (tertiary/aromatic N) is 1. The minimum absolute atomic E-state index is 0.0615. The highest BCUT2D eigenvalue weighted by Gasteiger charge is 2.12. The number of hydrogen-bond donors (Lipinski definition) is 4. The number of nitrogens with one attached hydrogen (secondary N) is 2. The fourth-order valence-corrected chi connectivity index (χ4v) is 3.17. The third kappa shape index (κ3) is 3.37. The molecule has 0 atom stereocenters. The molecule has 4 aromatic rings. The second-order valence-electron chi connectivity index (χ2n) is 6.03. The average molecular weight is 367 g/mol. The van der Waals surface area contributed by atoms with Crippen molar-refractivity contribution in [1.82, 2.24) is 15.3 Å². The Labute approximate surface area is 155 Å². The molecule has 2 aromatic carbocycles. The minimum atomic E-state index is -0.995. The summed E-state index contributed by atoms with van der Waals surface area (Å²) in [6.45, 7) is 2.03. The number of benzene rings is 2. The summed E-state index contributed by atoms with van der Waals surface area (Å²) >= 11 is 0. The Kier molecular flexibility index (Phi) is 5.14. The Hall–Kier alpha value is -3.32. The van der Waals surface area contributed by atoms with Gasteiger partial charge in [0.15, 0.2) is 0 Å². The molecule has 0 aliphatic heterocycles. The van der Waals surface area contributed by atoms with Crippen LogP contribution in [0.15, 0.2) is 36.5 Å². The summed E-state index contributed by atoms with van der Waals surface area (Å²) in [5.41, 5.74) is 4.07. The Morgan fingerprint density at radius 2 is 1.93 bits per heavy atom. The van der Waals surface area contributed by atoms with Crippen molar-refractivity contribution in [1.29, 1.82) is 0 Å². The van der Waals surface area contributed by atoms with Gasteiger partial charge in [-0.2, -0.15) is 0 Å². The van der Waals surface area contributed by atoms with Crippen molar-refractivity contribution < 1.29 is 19.7 Å². The highest BCUT2D eigenvalue weighted by Crippen LogP contribution is 2.35. The predicted molar refractivity (Wildman–Crippen MR) is 105 cm³/mol. The van der Waals surface area contributed by atoms with Crippen LogP contribution in [0.1, 0.15) is 11.3 Å². The summed E-state index contributed by atoms with van der Waals surface area (Å²) in [6, 6.07) is 10.1. The molecule has 2 heterocycles. The van der Waals surface area contributed by atoms with E-state index in [1.54, 1.807) is 13.3 Å². The highest BCUT2D eigenvalue weighted by atomic mass is 16.5. The molecule has 0 saturated carbocycles. The molecule has 0 fully saturated rings. The number of rotatable bonds is 2. The maximum atomic E-state index is 9.55. The molecule has 0 spiro atoms. The first kappa shape index (κ1) is 18.5. The van der Waals surface area contributed by atoms with Crippen LogP contribution in [-0.2, 0) is 6.61 Å². The zero-order chi connectivity index (χ0) is 19.6. The molecule has 27 heavy (non-hydrogen) atoms. The zero-order valence-corrected chi connectivity index (χ0v) is 15.3. The van der Waals surface area contributed by atoms with Crippen LogP contribution < -0.4 is 10.1 Å². The Balaban J connectivity index is 0.000000376. The maximum Gasteiger partial charge on any atom is 0.404 e. The lowest BCUT2D eigenvalue weighted by molar-refractivity contribution is 0.197. The number of H-pyrrole nitrogens is 1. The molecule has 1 amide bonds. The number of carbonyl (C=O) groups is 1. The second-order valence-corrected chi connectivity index (χ2v) is 6.03. The van der Waals surface area contributed by atoms with Crippen LogP contribution in [0.5, 0.6) is 5.75 Å². The van der Waals surface area contributed by atoms with Gasteiger partial charge in [0, 0.05) is 34.9 Å². The fraction of sp³-hybridized carbons (Fsp3) is 0.200. The van der Waals surface area contributed by atoms with E-state index in [-0.39, 0.29) is 6.61 Å². The lowest BCUT2D eigenvalue weighted by atomic mass is 10.0. The van der Waals surface area contributed by atoms with E-state index in [0.717, 1.165) is 38.3 Å². The van der Waals surface area contributed by atoms with Crippen molar-refractivity contribution >= 4 is 38.7 Å². The van der Waals surface area contributed by atoms with Crippen molar-refractivity contribution in [2.45, 2.75) is 13.5 Å². The van der Waals surface area contributed by atoms with Gasteiger partial charge in [0.05, 0.1) is 24.9 Å². The Morgan fingerprint density at radius 1 is 1.19 bits per heavy atom. The molecule has 4 rings (SSSR count). The fourth-order valence-electron chi connectivity index (χ4n) is 3.17. The molecule has 7 nitrogen and oxygen atoms in total. The Bertz CT molecular complexity index is 1130.